The van der Waals surface area contributed by atoms with Crippen molar-refractivity contribution < 1.29 is 27.5 Å². The first-order chi connectivity index (χ1) is 14.3. The van der Waals surface area contributed by atoms with Crippen LogP contribution < -0.4 is 5.32 Å². The van der Waals surface area contributed by atoms with E-state index in [9.17, 15) is 18.0 Å². The van der Waals surface area contributed by atoms with E-state index in [0.717, 1.165) is 17.5 Å². The van der Waals surface area contributed by atoms with E-state index in [1.165, 1.54) is 16.6 Å². The van der Waals surface area contributed by atoms with Gasteiger partial charge in [-0.25, -0.2) is 13.2 Å². The summed E-state index contributed by atoms with van der Waals surface area (Å²) in [5.41, 5.74) is 2.56. The van der Waals surface area contributed by atoms with E-state index in [4.69, 9.17) is 9.47 Å². The number of rotatable bonds is 7. The molecular formula is C20H25N3O6S. The molecule has 1 aromatic carbocycles. The van der Waals surface area contributed by atoms with Crippen LogP contribution >= 0.6 is 0 Å². The summed E-state index contributed by atoms with van der Waals surface area (Å²) in [6.45, 7) is 4.55. The molecule has 3 rings (SSSR count). The Labute approximate surface area is 175 Å². The van der Waals surface area contributed by atoms with Crippen LogP contribution in [-0.4, -0.2) is 62.5 Å². The van der Waals surface area contributed by atoms with E-state index in [1.807, 2.05) is 32.0 Å². The summed E-state index contributed by atoms with van der Waals surface area (Å²) in [6, 6.07) is 6.93. The highest BCUT2D eigenvalue weighted by molar-refractivity contribution is 7.89. The van der Waals surface area contributed by atoms with Gasteiger partial charge in [0.1, 0.15) is 10.6 Å². The zero-order valence-electron chi connectivity index (χ0n) is 16.9. The topological polar surface area (TPSA) is 118 Å². The van der Waals surface area contributed by atoms with Gasteiger partial charge in [-0.05, 0) is 30.5 Å². The number of ether oxygens (including phenoxy) is 2. The van der Waals surface area contributed by atoms with Gasteiger partial charge in [0, 0.05) is 25.0 Å². The predicted molar refractivity (Wildman–Crippen MR) is 110 cm³/mol. The number of aromatic amines is 1. The van der Waals surface area contributed by atoms with Gasteiger partial charge in [-0.1, -0.05) is 25.1 Å². The molecule has 0 bridgehead atoms. The Balaban J connectivity index is 1.60. The molecule has 1 aromatic heterocycles. The molecule has 1 amide bonds. The van der Waals surface area contributed by atoms with Gasteiger partial charge in [0.15, 0.2) is 6.61 Å². The van der Waals surface area contributed by atoms with E-state index in [-0.39, 0.29) is 23.7 Å². The molecule has 1 aliphatic rings. The fourth-order valence-electron chi connectivity index (χ4n) is 3.16. The van der Waals surface area contributed by atoms with Crippen molar-refractivity contribution in [3.8, 4) is 0 Å². The van der Waals surface area contributed by atoms with Crippen molar-refractivity contribution in [2.24, 2.45) is 0 Å². The number of nitrogens with zero attached hydrogens (tertiary/aromatic N) is 1. The van der Waals surface area contributed by atoms with Crippen molar-refractivity contribution in [1.82, 2.24) is 9.29 Å². The second kappa shape index (κ2) is 9.41. The van der Waals surface area contributed by atoms with Crippen LogP contribution in [-0.2, 0) is 30.7 Å². The molecule has 1 aliphatic heterocycles. The van der Waals surface area contributed by atoms with Crippen LogP contribution in [0, 0.1) is 6.92 Å². The fraction of sp³-hybridized carbons (Fsp3) is 0.400. The fourth-order valence-corrected chi connectivity index (χ4v) is 4.57. The van der Waals surface area contributed by atoms with Gasteiger partial charge in [0.25, 0.3) is 5.91 Å². The number of aryl methyl sites for hydroxylation is 2. The summed E-state index contributed by atoms with van der Waals surface area (Å²) in [4.78, 5) is 27.0. The molecule has 2 N–H and O–H groups in total. The van der Waals surface area contributed by atoms with Crippen molar-refractivity contribution in [2.75, 3.05) is 38.2 Å². The van der Waals surface area contributed by atoms with Crippen LogP contribution in [0.25, 0.3) is 0 Å². The zero-order chi connectivity index (χ0) is 21.7. The lowest BCUT2D eigenvalue weighted by atomic mass is 10.1. The lowest BCUT2D eigenvalue weighted by Gasteiger charge is -2.25. The third-order valence-electron chi connectivity index (χ3n) is 4.82. The molecule has 162 valence electrons. The van der Waals surface area contributed by atoms with Gasteiger partial charge in [-0.3, -0.25) is 4.79 Å². The number of anilines is 1. The Bertz CT molecular complexity index is 1020. The number of carbonyl (C=O) groups excluding carboxylic acids is 2. The Kier molecular flexibility index (Phi) is 6.91. The smallest absolute Gasteiger partial charge is 0.355 e. The highest BCUT2D eigenvalue weighted by Crippen LogP contribution is 2.21. The van der Waals surface area contributed by atoms with Gasteiger partial charge >= 0.3 is 5.97 Å². The number of amides is 1. The molecule has 0 spiro atoms. The number of nitrogens with one attached hydrogen (secondary N) is 2. The number of sulfonamides is 1. The number of aromatic nitrogens is 1. The van der Waals surface area contributed by atoms with Gasteiger partial charge in [0.2, 0.25) is 10.0 Å². The monoisotopic (exact) mass is 435 g/mol. The molecule has 2 heterocycles. The molecule has 0 aliphatic carbocycles. The normalized spacial score (nSPS) is 15.0. The van der Waals surface area contributed by atoms with Gasteiger partial charge < -0.3 is 19.8 Å². The maximum absolute atomic E-state index is 12.6. The summed E-state index contributed by atoms with van der Waals surface area (Å²) in [6.07, 6.45) is 1.99. The standard InChI is InChI=1S/C20H25N3O6S/c1-3-15-6-4-5-14(2)19(15)22-18(24)13-29-20(25)17-11-16(12-21-17)30(26,27)23-7-9-28-10-8-23/h4-6,11-12,21H,3,7-10,13H2,1-2H3,(H,22,24). The Morgan fingerprint density at radius 3 is 2.70 bits per heavy atom. The molecule has 2 aromatic rings. The Morgan fingerprint density at radius 2 is 2.00 bits per heavy atom. The molecule has 0 atom stereocenters. The van der Waals surface area contributed by atoms with Crippen molar-refractivity contribution in [2.45, 2.75) is 25.2 Å². The van der Waals surface area contributed by atoms with E-state index in [1.54, 1.807) is 0 Å². The summed E-state index contributed by atoms with van der Waals surface area (Å²) >= 11 is 0. The third kappa shape index (κ3) is 4.89. The van der Waals surface area contributed by atoms with Gasteiger partial charge in [-0.2, -0.15) is 4.31 Å². The molecule has 0 unspecified atom stereocenters. The van der Waals surface area contributed by atoms with Crippen LogP contribution in [0.2, 0.25) is 0 Å². The second-order valence-electron chi connectivity index (χ2n) is 6.85. The van der Waals surface area contributed by atoms with Crippen molar-refractivity contribution in [3.05, 3.63) is 47.3 Å². The van der Waals surface area contributed by atoms with Crippen LogP contribution in [0.5, 0.6) is 0 Å². The Hall–Kier alpha value is -2.69. The average molecular weight is 436 g/mol. The zero-order valence-corrected chi connectivity index (χ0v) is 17.8. The number of hydrogen-bond acceptors (Lipinski definition) is 6. The van der Waals surface area contributed by atoms with Crippen molar-refractivity contribution in [1.29, 1.82) is 0 Å². The largest absolute Gasteiger partial charge is 0.451 e. The number of para-hydroxylation sites is 1. The number of hydrogen-bond donors (Lipinski definition) is 2. The highest BCUT2D eigenvalue weighted by Gasteiger charge is 2.28. The first kappa shape index (κ1) is 22.0. The number of benzene rings is 1. The van der Waals surface area contributed by atoms with E-state index >= 15 is 0 Å². The maximum atomic E-state index is 12.6. The lowest BCUT2D eigenvalue weighted by molar-refractivity contribution is -0.119. The van der Waals surface area contributed by atoms with Crippen LogP contribution in [0.15, 0.2) is 35.4 Å². The molecule has 1 saturated heterocycles. The first-order valence-electron chi connectivity index (χ1n) is 9.64. The van der Waals surface area contributed by atoms with E-state index in [0.29, 0.717) is 18.9 Å². The quantitative estimate of drug-likeness (QED) is 0.639. The van der Waals surface area contributed by atoms with E-state index < -0.39 is 28.5 Å². The van der Waals surface area contributed by atoms with Crippen molar-refractivity contribution in [3.63, 3.8) is 0 Å². The summed E-state index contributed by atoms with van der Waals surface area (Å²) in [5, 5.41) is 2.77. The summed E-state index contributed by atoms with van der Waals surface area (Å²) < 4.78 is 36.7. The predicted octanol–water partition coefficient (Wildman–Crippen LogP) is 1.70. The SMILES string of the molecule is CCc1cccc(C)c1NC(=O)COC(=O)c1cc(S(=O)(=O)N2CCOCC2)c[nH]1. The summed E-state index contributed by atoms with van der Waals surface area (Å²) in [7, 11) is -3.72. The van der Waals surface area contributed by atoms with Crippen LogP contribution in [0.3, 0.4) is 0 Å². The third-order valence-corrected chi connectivity index (χ3v) is 6.70. The minimum atomic E-state index is -3.72. The second-order valence-corrected chi connectivity index (χ2v) is 8.79. The van der Waals surface area contributed by atoms with Crippen LogP contribution in [0.1, 0.15) is 28.5 Å². The summed E-state index contributed by atoms with van der Waals surface area (Å²) in [5.74, 6) is -1.28. The number of morpholine rings is 1. The number of H-pyrrole nitrogens is 1. The van der Waals surface area contributed by atoms with Crippen LogP contribution in [0.4, 0.5) is 5.69 Å². The Morgan fingerprint density at radius 1 is 1.27 bits per heavy atom. The molecule has 30 heavy (non-hydrogen) atoms. The molecule has 9 nitrogen and oxygen atoms in total. The molecule has 0 saturated carbocycles. The molecule has 1 fully saturated rings. The highest BCUT2D eigenvalue weighted by atomic mass is 32.2. The van der Waals surface area contributed by atoms with Gasteiger partial charge in [-0.15, -0.1) is 0 Å². The minimum Gasteiger partial charge on any atom is -0.451 e. The average Bonchev–Trinajstić information content (AvgIpc) is 3.25. The maximum Gasteiger partial charge on any atom is 0.355 e. The number of esters is 1. The first-order valence-corrected chi connectivity index (χ1v) is 11.1. The van der Waals surface area contributed by atoms with Crippen molar-refractivity contribution >= 4 is 27.6 Å². The molecule has 10 heteroatoms. The lowest BCUT2D eigenvalue weighted by Crippen LogP contribution is -2.40. The number of carbonyl (C=O) groups is 2. The van der Waals surface area contributed by atoms with E-state index in [2.05, 4.69) is 10.3 Å². The molecular weight excluding hydrogens is 410 g/mol. The minimum absolute atomic E-state index is 0.0340. The molecule has 0 radical (unpaired) electrons. The van der Waals surface area contributed by atoms with Gasteiger partial charge in [0.05, 0.1) is 13.2 Å².